The fraction of sp³-hybridized carbons (Fsp3) is 0.400. The summed E-state index contributed by atoms with van der Waals surface area (Å²) < 4.78 is 12.5. The van der Waals surface area contributed by atoms with Crippen molar-refractivity contribution in [3.05, 3.63) is 47.8 Å². The van der Waals surface area contributed by atoms with Gasteiger partial charge < -0.3 is 19.7 Å². The number of aromatic nitrogens is 3. The largest absolute Gasteiger partial charge is 0.493 e. The van der Waals surface area contributed by atoms with Crippen LogP contribution in [0.5, 0.6) is 5.75 Å². The van der Waals surface area contributed by atoms with Gasteiger partial charge in [-0.1, -0.05) is 12.1 Å². The van der Waals surface area contributed by atoms with Crippen molar-refractivity contribution in [3.8, 4) is 23.1 Å². The highest BCUT2D eigenvalue weighted by molar-refractivity contribution is 5.91. The van der Waals surface area contributed by atoms with Crippen molar-refractivity contribution in [3.63, 3.8) is 0 Å². The van der Waals surface area contributed by atoms with E-state index >= 15 is 0 Å². The SMILES string of the molecule is COc1ccc(-c2ccc(C#N)cc2)n2nc(C3(C(=O)NCCC(=O)N4CCOCC4)CC3)nc12. The number of rotatable bonds is 7. The summed E-state index contributed by atoms with van der Waals surface area (Å²) in [4.78, 5) is 32.0. The summed E-state index contributed by atoms with van der Waals surface area (Å²) in [6, 6.07) is 13.0. The Bertz CT molecular complexity index is 1300. The number of benzene rings is 1. The van der Waals surface area contributed by atoms with E-state index in [9.17, 15) is 9.59 Å². The summed E-state index contributed by atoms with van der Waals surface area (Å²) in [5.74, 6) is 0.838. The zero-order chi connectivity index (χ0) is 24.4. The fourth-order valence-corrected chi connectivity index (χ4v) is 4.34. The quantitative estimate of drug-likeness (QED) is 0.553. The number of hydrogen-bond acceptors (Lipinski definition) is 7. The molecule has 1 saturated heterocycles. The molecule has 5 rings (SSSR count). The number of hydrogen-bond donors (Lipinski definition) is 1. The van der Waals surface area contributed by atoms with Gasteiger partial charge in [-0.3, -0.25) is 9.59 Å². The van der Waals surface area contributed by atoms with Crippen molar-refractivity contribution >= 4 is 17.5 Å². The third-order valence-corrected chi connectivity index (χ3v) is 6.58. The number of pyridine rings is 1. The van der Waals surface area contributed by atoms with Gasteiger partial charge in [0.1, 0.15) is 5.41 Å². The minimum Gasteiger partial charge on any atom is -0.493 e. The standard InChI is InChI=1S/C25H26N6O4/c1-34-20-7-6-19(18-4-2-17(16-26)3-5-18)31-22(20)28-23(29-31)25(9-10-25)24(33)27-11-8-21(32)30-12-14-35-15-13-30/h2-7H,8-15H2,1H3,(H,27,33). The Morgan fingerprint density at radius 2 is 1.91 bits per heavy atom. The topological polar surface area (TPSA) is 122 Å². The monoisotopic (exact) mass is 474 g/mol. The van der Waals surface area contributed by atoms with E-state index in [1.807, 2.05) is 24.3 Å². The molecule has 10 nitrogen and oxygen atoms in total. The number of methoxy groups -OCH3 is 1. The van der Waals surface area contributed by atoms with Crippen LogP contribution in [0.15, 0.2) is 36.4 Å². The number of nitriles is 1. The van der Waals surface area contributed by atoms with E-state index in [2.05, 4.69) is 11.4 Å². The average Bonchev–Trinajstić information content (AvgIpc) is 3.60. The number of ether oxygens (including phenoxy) is 2. The number of carbonyl (C=O) groups excluding carboxylic acids is 2. The summed E-state index contributed by atoms with van der Waals surface area (Å²) in [6.07, 6.45) is 1.53. The van der Waals surface area contributed by atoms with Gasteiger partial charge >= 0.3 is 0 Å². The van der Waals surface area contributed by atoms with Crippen LogP contribution in [0, 0.1) is 11.3 Å². The van der Waals surface area contributed by atoms with Gasteiger partial charge in [0.15, 0.2) is 17.2 Å². The van der Waals surface area contributed by atoms with E-state index in [0.717, 1.165) is 11.3 Å². The van der Waals surface area contributed by atoms with E-state index in [4.69, 9.17) is 24.8 Å². The highest BCUT2D eigenvalue weighted by Gasteiger charge is 2.54. The van der Waals surface area contributed by atoms with Gasteiger partial charge in [-0.25, -0.2) is 9.50 Å². The van der Waals surface area contributed by atoms with Crippen LogP contribution < -0.4 is 10.1 Å². The first-order chi connectivity index (χ1) is 17.1. The predicted octanol–water partition coefficient (Wildman–Crippen LogP) is 1.67. The number of fused-ring (bicyclic) bond motifs is 1. The van der Waals surface area contributed by atoms with Crippen LogP contribution in [0.2, 0.25) is 0 Å². The molecule has 0 atom stereocenters. The zero-order valence-electron chi connectivity index (χ0n) is 19.5. The normalized spacial score (nSPS) is 16.5. The van der Waals surface area contributed by atoms with Crippen LogP contribution in [0.25, 0.3) is 16.9 Å². The van der Waals surface area contributed by atoms with Crippen LogP contribution in [-0.4, -0.2) is 71.3 Å². The molecule has 3 heterocycles. The Kier molecular flexibility index (Phi) is 6.09. The molecule has 2 aliphatic rings. The highest BCUT2D eigenvalue weighted by Crippen LogP contribution is 2.47. The van der Waals surface area contributed by atoms with E-state index in [1.165, 1.54) is 0 Å². The maximum atomic E-state index is 13.1. The molecule has 2 fully saturated rings. The van der Waals surface area contributed by atoms with Crippen molar-refractivity contribution in [2.24, 2.45) is 0 Å². The smallest absolute Gasteiger partial charge is 0.234 e. The van der Waals surface area contributed by atoms with Crippen molar-refractivity contribution in [1.29, 1.82) is 5.26 Å². The van der Waals surface area contributed by atoms with Crippen LogP contribution in [0.3, 0.4) is 0 Å². The molecule has 0 spiro atoms. The minimum absolute atomic E-state index is 0.0149. The van der Waals surface area contributed by atoms with Crippen LogP contribution >= 0.6 is 0 Å². The average molecular weight is 475 g/mol. The number of nitrogens with one attached hydrogen (secondary N) is 1. The lowest BCUT2D eigenvalue weighted by atomic mass is 10.1. The Labute approximate surface area is 202 Å². The molecular formula is C25H26N6O4. The number of carbonyl (C=O) groups is 2. The summed E-state index contributed by atoms with van der Waals surface area (Å²) in [5.41, 5.74) is 1.92. The lowest BCUT2D eigenvalue weighted by molar-refractivity contribution is -0.135. The zero-order valence-corrected chi connectivity index (χ0v) is 19.5. The molecule has 1 aliphatic heterocycles. The third kappa shape index (κ3) is 4.31. The number of nitrogens with zero attached hydrogens (tertiary/aromatic N) is 5. The number of amides is 2. The molecule has 180 valence electrons. The first kappa shape index (κ1) is 22.8. The number of morpholine rings is 1. The van der Waals surface area contributed by atoms with Gasteiger partial charge in [-0.15, -0.1) is 5.10 Å². The fourth-order valence-electron chi connectivity index (χ4n) is 4.34. The van der Waals surface area contributed by atoms with E-state index in [1.54, 1.807) is 28.7 Å². The molecule has 1 aromatic carbocycles. The van der Waals surface area contributed by atoms with Crippen molar-refractivity contribution in [1.82, 2.24) is 24.8 Å². The Morgan fingerprint density at radius 3 is 2.57 bits per heavy atom. The molecule has 1 aliphatic carbocycles. The minimum atomic E-state index is -0.805. The summed E-state index contributed by atoms with van der Waals surface area (Å²) in [5, 5.41) is 16.7. The van der Waals surface area contributed by atoms with Gasteiger partial charge in [0.25, 0.3) is 0 Å². The molecule has 1 N–H and O–H groups in total. The van der Waals surface area contributed by atoms with Crippen molar-refractivity contribution in [2.75, 3.05) is 40.0 Å². The van der Waals surface area contributed by atoms with Crippen LogP contribution in [0.1, 0.15) is 30.7 Å². The Morgan fingerprint density at radius 1 is 1.17 bits per heavy atom. The molecule has 2 amide bonds. The second-order valence-corrected chi connectivity index (χ2v) is 8.73. The van der Waals surface area contributed by atoms with E-state index in [0.29, 0.717) is 61.9 Å². The lowest BCUT2D eigenvalue weighted by Crippen LogP contribution is -2.43. The van der Waals surface area contributed by atoms with Gasteiger partial charge in [0.05, 0.1) is 37.7 Å². The molecule has 3 aromatic rings. The molecule has 10 heteroatoms. The Balaban J connectivity index is 1.36. The van der Waals surface area contributed by atoms with E-state index in [-0.39, 0.29) is 24.8 Å². The maximum absolute atomic E-state index is 13.1. The lowest BCUT2D eigenvalue weighted by Gasteiger charge is -2.27. The summed E-state index contributed by atoms with van der Waals surface area (Å²) in [7, 11) is 1.57. The van der Waals surface area contributed by atoms with E-state index < -0.39 is 5.41 Å². The summed E-state index contributed by atoms with van der Waals surface area (Å²) in [6.45, 7) is 2.55. The van der Waals surface area contributed by atoms with Crippen molar-refractivity contribution < 1.29 is 19.1 Å². The molecular weight excluding hydrogens is 448 g/mol. The first-order valence-corrected chi connectivity index (χ1v) is 11.6. The van der Waals surface area contributed by atoms with Crippen LogP contribution in [0.4, 0.5) is 0 Å². The first-order valence-electron chi connectivity index (χ1n) is 11.6. The van der Waals surface area contributed by atoms with Crippen LogP contribution in [-0.2, 0) is 19.7 Å². The Hall–Kier alpha value is -3.97. The second-order valence-electron chi connectivity index (χ2n) is 8.73. The molecule has 35 heavy (non-hydrogen) atoms. The summed E-state index contributed by atoms with van der Waals surface area (Å²) >= 11 is 0. The van der Waals surface area contributed by atoms with Gasteiger partial charge in [-0.2, -0.15) is 5.26 Å². The molecule has 1 saturated carbocycles. The van der Waals surface area contributed by atoms with Gasteiger partial charge in [0, 0.05) is 31.6 Å². The van der Waals surface area contributed by atoms with Gasteiger partial charge in [0.2, 0.25) is 11.8 Å². The molecule has 0 bridgehead atoms. The van der Waals surface area contributed by atoms with Gasteiger partial charge in [-0.05, 0) is 37.1 Å². The third-order valence-electron chi connectivity index (χ3n) is 6.58. The maximum Gasteiger partial charge on any atom is 0.234 e. The molecule has 0 radical (unpaired) electrons. The highest BCUT2D eigenvalue weighted by atomic mass is 16.5. The second kappa shape index (κ2) is 9.35. The predicted molar refractivity (Wildman–Crippen MR) is 126 cm³/mol. The molecule has 0 unspecified atom stereocenters. The molecule has 2 aromatic heterocycles. The van der Waals surface area contributed by atoms with Crippen molar-refractivity contribution in [2.45, 2.75) is 24.7 Å².